The van der Waals surface area contributed by atoms with Gasteiger partial charge in [-0.15, -0.1) is 5.10 Å². The predicted molar refractivity (Wildman–Crippen MR) is 166 cm³/mol. The average molecular weight is 587 g/mol. The molecule has 9 nitrogen and oxygen atoms in total. The molecule has 0 aliphatic carbocycles. The molecule has 2 aromatic heterocycles. The lowest BCUT2D eigenvalue weighted by Gasteiger charge is -2.37. The topological polar surface area (TPSA) is 97.4 Å². The van der Waals surface area contributed by atoms with Crippen LogP contribution in [-0.2, 0) is 35.5 Å². The molecular formula is C35H34N6O3. The van der Waals surface area contributed by atoms with Gasteiger partial charge in [0.15, 0.2) is 0 Å². The summed E-state index contributed by atoms with van der Waals surface area (Å²) in [7, 11) is 0. The first-order valence-corrected chi connectivity index (χ1v) is 14.7. The van der Waals surface area contributed by atoms with Crippen LogP contribution in [-0.4, -0.2) is 54.4 Å². The highest BCUT2D eigenvalue weighted by Gasteiger charge is 2.34. The number of hydrogen-bond donors (Lipinski definition) is 0. The molecule has 0 N–H and O–H groups in total. The zero-order valence-electron chi connectivity index (χ0n) is 24.8. The Balaban J connectivity index is 1.35. The summed E-state index contributed by atoms with van der Waals surface area (Å²) < 4.78 is 6.98. The summed E-state index contributed by atoms with van der Waals surface area (Å²) in [6.07, 6.45) is 7.82. The van der Waals surface area contributed by atoms with Gasteiger partial charge in [-0.3, -0.25) is 9.59 Å². The van der Waals surface area contributed by atoms with Crippen LogP contribution < -0.4 is 0 Å². The molecule has 5 aromatic rings. The Labute approximate surface area is 256 Å². The van der Waals surface area contributed by atoms with Crippen LogP contribution in [0.15, 0.2) is 102 Å². The minimum absolute atomic E-state index is 0.0679. The monoisotopic (exact) mass is 586 g/mol. The van der Waals surface area contributed by atoms with Crippen molar-refractivity contribution < 1.29 is 14.1 Å². The number of nitrogens with zero attached hydrogens (tertiary/aromatic N) is 6. The van der Waals surface area contributed by atoms with Gasteiger partial charge in [-0.25, -0.2) is 4.68 Å². The predicted octanol–water partition coefficient (Wildman–Crippen LogP) is 5.11. The zero-order valence-corrected chi connectivity index (χ0v) is 24.8. The molecule has 2 amide bonds. The van der Waals surface area contributed by atoms with Gasteiger partial charge in [0.05, 0.1) is 23.8 Å². The maximum Gasteiger partial charge on any atom is 0.247 e. The summed E-state index contributed by atoms with van der Waals surface area (Å²) in [5.41, 5.74) is 6.59. The van der Waals surface area contributed by atoms with Gasteiger partial charge in [0.2, 0.25) is 11.8 Å². The van der Waals surface area contributed by atoms with Crippen LogP contribution >= 0.6 is 0 Å². The Morgan fingerprint density at radius 1 is 0.955 bits per heavy atom. The van der Waals surface area contributed by atoms with E-state index in [0.717, 1.165) is 34.4 Å². The third-order valence-corrected chi connectivity index (χ3v) is 8.12. The van der Waals surface area contributed by atoms with Crippen molar-refractivity contribution in [2.24, 2.45) is 0 Å². The lowest BCUT2D eigenvalue weighted by atomic mass is 9.97. The molecule has 1 aliphatic heterocycles. The number of carbonyl (C=O) groups excluding carboxylic acids is 2. The Hall–Kier alpha value is -5.31. The van der Waals surface area contributed by atoms with Crippen LogP contribution in [0.2, 0.25) is 0 Å². The molecule has 0 fully saturated rings. The maximum absolute atomic E-state index is 14.5. The third-order valence-electron chi connectivity index (χ3n) is 8.12. The SMILES string of the molecule is Cc1noc(C)c1C=CC(=O)N(Cc1ccc(-n2ccnn2)cc1)C(Cc1ccccc1)C(=O)N1CCc2ccccc2C1. The first-order chi connectivity index (χ1) is 21.5. The van der Waals surface area contributed by atoms with Gasteiger partial charge in [0.1, 0.15) is 11.8 Å². The molecule has 222 valence electrons. The molecule has 1 unspecified atom stereocenters. The van der Waals surface area contributed by atoms with E-state index >= 15 is 0 Å². The number of hydrogen-bond acceptors (Lipinski definition) is 6. The molecule has 9 heteroatoms. The molecule has 1 aliphatic rings. The van der Waals surface area contributed by atoms with Crippen molar-refractivity contribution in [1.29, 1.82) is 0 Å². The molecular weight excluding hydrogens is 552 g/mol. The number of amides is 2. The van der Waals surface area contributed by atoms with Crippen molar-refractivity contribution >= 4 is 17.9 Å². The van der Waals surface area contributed by atoms with Crippen molar-refractivity contribution in [3.05, 3.63) is 137 Å². The standard InChI is InChI=1S/C35H34N6O3/c1-25-32(26(2)44-37-25)16-17-34(42)40(23-28-12-14-31(15-13-28)41-21-19-36-38-41)33(22-27-8-4-3-5-9-27)35(43)39-20-18-29-10-6-7-11-30(29)24-39/h3-17,19,21,33H,18,20,22-24H2,1-2H3. The fourth-order valence-electron chi connectivity index (χ4n) is 5.68. The summed E-state index contributed by atoms with van der Waals surface area (Å²) in [5, 5.41) is 12.0. The summed E-state index contributed by atoms with van der Waals surface area (Å²) in [6, 6.07) is 25.2. The van der Waals surface area contributed by atoms with Crippen LogP contribution in [0.1, 0.15) is 39.3 Å². The van der Waals surface area contributed by atoms with Crippen molar-refractivity contribution in [1.82, 2.24) is 30.0 Å². The second-order valence-corrected chi connectivity index (χ2v) is 11.0. The highest BCUT2D eigenvalue weighted by Crippen LogP contribution is 2.24. The van der Waals surface area contributed by atoms with Gasteiger partial charge in [0.25, 0.3) is 0 Å². The number of rotatable bonds is 9. The van der Waals surface area contributed by atoms with E-state index in [0.29, 0.717) is 31.0 Å². The first-order valence-electron chi connectivity index (χ1n) is 14.7. The van der Waals surface area contributed by atoms with Crippen LogP contribution in [0.3, 0.4) is 0 Å². The average Bonchev–Trinajstić information content (AvgIpc) is 3.71. The number of fused-ring (bicyclic) bond motifs is 1. The molecule has 1 atom stereocenters. The third kappa shape index (κ3) is 6.36. The summed E-state index contributed by atoms with van der Waals surface area (Å²) >= 11 is 0. The molecule has 0 radical (unpaired) electrons. The van der Waals surface area contributed by atoms with Gasteiger partial charge in [0, 0.05) is 37.7 Å². The van der Waals surface area contributed by atoms with Crippen LogP contribution in [0.5, 0.6) is 0 Å². The number of benzene rings is 3. The Kier molecular flexibility index (Phi) is 8.45. The largest absolute Gasteiger partial charge is 0.361 e. The van der Waals surface area contributed by atoms with Crippen molar-refractivity contribution in [3.8, 4) is 5.69 Å². The van der Waals surface area contributed by atoms with E-state index in [-0.39, 0.29) is 18.4 Å². The van der Waals surface area contributed by atoms with E-state index in [1.165, 1.54) is 11.6 Å². The fourth-order valence-corrected chi connectivity index (χ4v) is 5.68. The van der Waals surface area contributed by atoms with E-state index in [1.807, 2.05) is 85.5 Å². The zero-order chi connectivity index (χ0) is 30.5. The second-order valence-electron chi connectivity index (χ2n) is 11.0. The lowest BCUT2D eigenvalue weighted by Crippen LogP contribution is -2.52. The molecule has 3 aromatic carbocycles. The van der Waals surface area contributed by atoms with Crippen LogP contribution in [0.4, 0.5) is 0 Å². The van der Waals surface area contributed by atoms with Crippen molar-refractivity contribution in [2.75, 3.05) is 6.54 Å². The van der Waals surface area contributed by atoms with Gasteiger partial charge >= 0.3 is 0 Å². The van der Waals surface area contributed by atoms with E-state index < -0.39 is 6.04 Å². The van der Waals surface area contributed by atoms with Gasteiger partial charge in [-0.2, -0.15) is 0 Å². The Morgan fingerprint density at radius 2 is 1.70 bits per heavy atom. The van der Waals surface area contributed by atoms with E-state index in [1.54, 1.807) is 28.1 Å². The first kappa shape index (κ1) is 28.8. The normalized spacial score (nSPS) is 13.5. The Morgan fingerprint density at radius 3 is 2.41 bits per heavy atom. The molecule has 0 spiro atoms. The fraction of sp³-hybridized carbons (Fsp3) is 0.229. The molecule has 44 heavy (non-hydrogen) atoms. The highest BCUT2D eigenvalue weighted by atomic mass is 16.5. The van der Waals surface area contributed by atoms with Crippen LogP contribution in [0.25, 0.3) is 11.8 Å². The smallest absolute Gasteiger partial charge is 0.247 e. The van der Waals surface area contributed by atoms with Crippen molar-refractivity contribution in [3.63, 3.8) is 0 Å². The summed E-state index contributed by atoms with van der Waals surface area (Å²) in [4.78, 5) is 32.2. The molecule has 0 saturated heterocycles. The quantitative estimate of drug-likeness (QED) is 0.223. The molecule has 3 heterocycles. The van der Waals surface area contributed by atoms with Gasteiger partial charge in [-0.05, 0) is 60.7 Å². The number of aromatic nitrogens is 4. The van der Waals surface area contributed by atoms with E-state index in [9.17, 15) is 9.59 Å². The highest BCUT2D eigenvalue weighted by molar-refractivity contribution is 5.96. The minimum Gasteiger partial charge on any atom is -0.361 e. The van der Waals surface area contributed by atoms with E-state index in [2.05, 4.69) is 27.6 Å². The second kappa shape index (κ2) is 12.9. The number of aryl methyl sites for hydroxylation is 2. The Bertz CT molecular complexity index is 1740. The van der Waals surface area contributed by atoms with Gasteiger partial charge in [-0.1, -0.05) is 77.1 Å². The molecule has 0 saturated carbocycles. The van der Waals surface area contributed by atoms with Crippen LogP contribution in [0, 0.1) is 13.8 Å². The lowest BCUT2D eigenvalue weighted by molar-refractivity contribution is -0.144. The van der Waals surface area contributed by atoms with E-state index in [4.69, 9.17) is 4.52 Å². The van der Waals surface area contributed by atoms with Crippen molar-refractivity contribution in [2.45, 2.75) is 45.8 Å². The minimum atomic E-state index is -0.723. The molecule has 6 rings (SSSR count). The number of carbonyl (C=O) groups is 2. The summed E-state index contributed by atoms with van der Waals surface area (Å²) in [5.74, 6) is 0.296. The molecule has 0 bridgehead atoms. The maximum atomic E-state index is 14.5. The van der Waals surface area contributed by atoms with Gasteiger partial charge < -0.3 is 14.3 Å². The summed E-state index contributed by atoms with van der Waals surface area (Å²) in [6.45, 7) is 5.02.